The summed E-state index contributed by atoms with van der Waals surface area (Å²) in [6.45, 7) is 3.22. The molecule has 190 valence electrons. The molecule has 5 heterocycles. The largest absolute Gasteiger partial charge is 0.365 e. The molecule has 3 N–H and O–H groups in total. The second-order valence-electron chi connectivity index (χ2n) is 9.84. The van der Waals surface area contributed by atoms with Gasteiger partial charge in [0.1, 0.15) is 11.4 Å². The molecule has 2 aliphatic heterocycles. The van der Waals surface area contributed by atoms with Gasteiger partial charge in [-0.2, -0.15) is 9.37 Å². The Balaban J connectivity index is 1.32. The molecule has 8 nitrogen and oxygen atoms in total. The van der Waals surface area contributed by atoms with Crippen LogP contribution in [0.1, 0.15) is 37.3 Å². The predicted octanol–water partition coefficient (Wildman–Crippen LogP) is 4.07. The van der Waals surface area contributed by atoms with Crippen molar-refractivity contribution in [3.63, 3.8) is 0 Å². The molecule has 0 unspecified atom stereocenters. The zero-order valence-corrected chi connectivity index (χ0v) is 20.6. The summed E-state index contributed by atoms with van der Waals surface area (Å²) in [4.78, 5) is 32.4. The molecular weight excluding hydrogens is 469 g/mol. The topological polar surface area (TPSA) is 98.8 Å². The number of pyridine rings is 2. The fourth-order valence-corrected chi connectivity index (χ4v) is 5.37. The van der Waals surface area contributed by atoms with Crippen molar-refractivity contribution in [3.05, 3.63) is 76.6 Å². The summed E-state index contributed by atoms with van der Waals surface area (Å²) >= 11 is 0. The summed E-state index contributed by atoms with van der Waals surface area (Å²) < 4.78 is 13.6. The van der Waals surface area contributed by atoms with Crippen LogP contribution >= 0.6 is 0 Å². The first-order valence-corrected chi connectivity index (χ1v) is 13.0. The zero-order valence-electron chi connectivity index (χ0n) is 20.6. The number of H-pyrrole nitrogens is 1. The lowest BCUT2D eigenvalue weighted by molar-refractivity contribution is 0.475. The second-order valence-corrected chi connectivity index (χ2v) is 9.84. The molecule has 0 saturated carbocycles. The van der Waals surface area contributed by atoms with Gasteiger partial charge in [0, 0.05) is 42.7 Å². The first-order valence-electron chi connectivity index (χ1n) is 13.0. The Labute approximate surface area is 214 Å². The van der Waals surface area contributed by atoms with E-state index < -0.39 is 5.95 Å². The molecule has 3 aromatic heterocycles. The molecule has 37 heavy (non-hydrogen) atoms. The van der Waals surface area contributed by atoms with E-state index in [1.807, 2.05) is 42.5 Å². The van der Waals surface area contributed by atoms with E-state index in [1.165, 1.54) is 6.07 Å². The highest BCUT2D eigenvalue weighted by molar-refractivity contribution is 5.83. The van der Waals surface area contributed by atoms with Crippen molar-refractivity contribution in [1.82, 2.24) is 25.3 Å². The summed E-state index contributed by atoms with van der Waals surface area (Å²) in [6, 6.07) is 16.9. The number of benzene rings is 1. The highest BCUT2D eigenvalue weighted by atomic mass is 19.1. The minimum absolute atomic E-state index is 0.180. The Morgan fingerprint density at radius 3 is 2.62 bits per heavy atom. The zero-order chi connectivity index (χ0) is 25.2. The van der Waals surface area contributed by atoms with Crippen LogP contribution in [-0.2, 0) is 0 Å². The lowest BCUT2D eigenvalue weighted by Crippen LogP contribution is -2.40. The van der Waals surface area contributed by atoms with Crippen molar-refractivity contribution in [2.75, 3.05) is 36.4 Å². The summed E-state index contributed by atoms with van der Waals surface area (Å²) in [5.74, 6) is 0.845. The molecular formula is C28H30FN7O. The standard InChI is InChI=1S/C28H30FN7O/c29-24-9-3-8-22(33-24)19-12-15-36(16-13-19)28-34-26(31-20-6-4-14-30-17-20)25(27(37)35-28)23-11-10-18-5-1-2-7-21(18)32-23/h1-3,5,7-11,19-20,30H,4,6,12-17H2,(H2,31,34,35,37)/t20-/m1/s1. The molecule has 6 rings (SSSR count). The Morgan fingerprint density at radius 1 is 0.946 bits per heavy atom. The van der Waals surface area contributed by atoms with Crippen molar-refractivity contribution in [2.45, 2.75) is 37.6 Å². The van der Waals surface area contributed by atoms with Gasteiger partial charge < -0.3 is 15.5 Å². The van der Waals surface area contributed by atoms with Gasteiger partial charge in [-0.1, -0.05) is 30.3 Å². The summed E-state index contributed by atoms with van der Waals surface area (Å²) in [5, 5.41) is 7.99. The molecule has 1 atom stereocenters. The minimum Gasteiger partial charge on any atom is -0.365 e. The summed E-state index contributed by atoms with van der Waals surface area (Å²) in [6.07, 6.45) is 3.69. The van der Waals surface area contributed by atoms with E-state index in [2.05, 4.69) is 25.5 Å². The monoisotopic (exact) mass is 499 g/mol. The number of para-hydroxylation sites is 1. The quantitative estimate of drug-likeness (QED) is 0.356. The number of anilines is 2. The SMILES string of the molecule is O=c1[nH]c(N2CCC(c3cccc(F)n3)CC2)nc(N[C@@H]2CCCNC2)c1-c1ccc2ccccc2n1. The molecule has 9 heteroatoms. The smallest absolute Gasteiger partial charge is 0.263 e. The lowest BCUT2D eigenvalue weighted by Gasteiger charge is -2.32. The molecule has 1 aromatic carbocycles. The number of nitrogens with one attached hydrogen (secondary N) is 3. The second kappa shape index (κ2) is 10.3. The molecule has 2 aliphatic rings. The maximum Gasteiger partial charge on any atom is 0.263 e. The summed E-state index contributed by atoms with van der Waals surface area (Å²) in [7, 11) is 0. The maximum absolute atomic E-state index is 13.6. The van der Waals surface area contributed by atoms with Gasteiger partial charge >= 0.3 is 0 Å². The van der Waals surface area contributed by atoms with E-state index in [-0.39, 0.29) is 17.5 Å². The van der Waals surface area contributed by atoms with Crippen molar-refractivity contribution in [1.29, 1.82) is 0 Å². The van der Waals surface area contributed by atoms with Gasteiger partial charge in [-0.3, -0.25) is 9.78 Å². The minimum atomic E-state index is -0.447. The third-order valence-electron chi connectivity index (χ3n) is 7.35. The fraction of sp³-hybridized carbons (Fsp3) is 0.357. The normalized spacial score (nSPS) is 18.7. The Bertz CT molecular complexity index is 1460. The van der Waals surface area contributed by atoms with Crippen LogP contribution in [0.2, 0.25) is 0 Å². The van der Waals surface area contributed by atoms with Crippen molar-refractivity contribution >= 4 is 22.7 Å². The number of piperidine rings is 2. The van der Waals surface area contributed by atoms with Gasteiger partial charge in [-0.15, -0.1) is 0 Å². The maximum atomic E-state index is 13.6. The molecule has 0 bridgehead atoms. The first-order chi connectivity index (χ1) is 18.1. The highest BCUT2D eigenvalue weighted by Crippen LogP contribution is 2.30. The Morgan fingerprint density at radius 2 is 1.81 bits per heavy atom. The molecule has 0 spiro atoms. The number of rotatable bonds is 5. The molecule has 0 radical (unpaired) electrons. The Hall–Kier alpha value is -3.85. The van der Waals surface area contributed by atoms with E-state index in [9.17, 15) is 9.18 Å². The van der Waals surface area contributed by atoms with Gasteiger partial charge in [0.25, 0.3) is 5.56 Å². The van der Waals surface area contributed by atoms with Crippen LogP contribution in [0.5, 0.6) is 0 Å². The van der Waals surface area contributed by atoms with E-state index in [0.29, 0.717) is 36.1 Å². The van der Waals surface area contributed by atoms with Crippen LogP contribution in [0, 0.1) is 5.95 Å². The molecule has 0 aliphatic carbocycles. The number of aromatic nitrogens is 4. The van der Waals surface area contributed by atoms with Crippen LogP contribution in [0.25, 0.3) is 22.2 Å². The fourth-order valence-electron chi connectivity index (χ4n) is 5.37. The highest BCUT2D eigenvalue weighted by Gasteiger charge is 2.26. The average Bonchev–Trinajstić information content (AvgIpc) is 2.93. The molecule has 4 aromatic rings. The van der Waals surface area contributed by atoms with E-state index >= 15 is 0 Å². The van der Waals surface area contributed by atoms with Gasteiger partial charge in [0.15, 0.2) is 0 Å². The number of hydrogen-bond acceptors (Lipinski definition) is 7. The van der Waals surface area contributed by atoms with Crippen LogP contribution in [0.3, 0.4) is 0 Å². The van der Waals surface area contributed by atoms with Crippen molar-refractivity contribution in [3.8, 4) is 11.3 Å². The van der Waals surface area contributed by atoms with Gasteiger partial charge in [0.2, 0.25) is 11.9 Å². The van der Waals surface area contributed by atoms with Crippen molar-refractivity contribution in [2.24, 2.45) is 0 Å². The predicted molar refractivity (Wildman–Crippen MR) is 143 cm³/mol. The first kappa shape index (κ1) is 23.5. The van der Waals surface area contributed by atoms with Gasteiger partial charge in [-0.05, 0) is 56.5 Å². The summed E-state index contributed by atoms with van der Waals surface area (Å²) in [5.41, 5.74) is 2.46. The van der Waals surface area contributed by atoms with Crippen LogP contribution in [0.15, 0.2) is 59.4 Å². The van der Waals surface area contributed by atoms with E-state index in [1.54, 1.807) is 6.07 Å². The third kappa shape index (κ3) is 5.04. The Kier molecular flexibility index (Phi) is 6.53. The number of hydrogen-bond donors (Lipinski definition) is 3. The van der Waals surface area contributed by atoms with Gasteiger partial charge in [0.05, 0.1) is 11.2 Å². The van der Waals surface area contributed by atoms with E-state index in [0.717, 1.165) is 55.4 Å². The van der Waals surface area contributed by atoms with Crippen LogP contribution in [-0.4, -0.2) is 52.2 Å². The van der Waals surface area contributed by atoms with Crippen molar-refractivity contribution < 1.29 is 4.39 Å². The number of fused-ring (bicyclic) bond motifs is 1. The van der Waals surface area contributed by atoms with Gasteiger partial charge in [-0.25, -0.2) is 9.97 Å². The van der Waals surface area contributed by atoms with Crippen LogP contribution in [0.4, 0.5) is 16.2 Å². The number of aromatic amines is 1. The van der Waals surface area contributed by atoms with E-state index in [4.69, 9.17) is 9.97 Å². The molecule has 0 amide bonds. The number of halogens is 1. The number of nitrogens with zero attached hydrogens (tertiary/aromatic N) is 4. The average molecular weight is 500 g/mol. The molecule has 2 fully saturated rings. The molecule has 2 saturated heterocycles. The van der Waals surface area contributed by atoms with Crippen LogP contribution < -0.4 is 21.1 Å². The third-order valence-corrected chi connectivity index (χ3v) is 7.35. The lowest BCUT2D eigenvalue weighted by atomic mass is 9.93.